The zero-order valence-corrected chi connectivity index (χ0v) is 19.7. The molecule has 1 spiro atoms. The van der Waals surface area contributed by atoms with Gasteiger partial charge in [-0.3, -0.25) is 14.5 Å². The Kier molecular flexibility index (Phi) is 5.52. The van der Waals surface area contributed by atoms with Crippen LogP contribution in [-0.4, -0.2) is 60.2 Å². The fourth-order valence-electron chi connectivity index (χ4n) is 5.13. The van der Waals surface area contributed by atoms with Crippen molar-refractivity contribution in [2.75, 3.05) is 18.1 Å². The Balaban J connectivity index is 1.39. The van der Waals surface area contributed by atoms with Crippen molar-refractivity contribution in [3.63, 3.8) is 0 Å². The summed E-state index contributed by atoms with van der Waals surface area (Å²) < 4.78 is 24.2. The van der Waals surface area contributed by atoms with E-state index in [0.717, 1.165) is 33.7 Å². The molecule has 2 fully saturated rings. The standard InChI is InChI=1S/C23H25N3O5S2/c27-20(25(13-16-5-2-1-3-6-16)17-9-12-33(30,31)15-17)14-26-21(28)23(24-22(26)29)10-4-7-19-18(23)8-11-32-19/h1-3,5-6,8,11,17H,4,7,9-10,12-15H2,(H,24,29)/t17-,23-/m0/s1. The van der Waals surface area contributed by atoms with Crippen LogP contribution in [0.15, 0.2) is 41.8 Å². The molecule has 3 heterocycles. The van der Waals surface area contributed by atoms with Gasteiger partial charge in [0.2, 0.25) is 5.91 Å². The van der Waals surface area contributed by atoms with Crippen LogP contribution in [0.4, 0.5) is 4.79 Å². The lowest BCUT2D eigenvalue weighted by molar-refractivity contribution is -0.140. The topological polar surface area (TPSA) is 104 Å². The Morgan fingerprint density at radius 3 is 2.73 bits per heavy atom. The Labute approximate surface area is 196 Å². The van der Waals surface area contributed by atoms with Gasteiger partial charge >= 0.3 is 6.03 Å². The van der Waals surface area contributed by atoms with Crippen LogP contribution in [0.1, 0.15) is 35.3 Å². The molecular weight excluding hydrogens is 462 g/mol. The SMILES string of the molecule is O=C1N[C@]2(CCCc3sccc32)C(=O)N1CC(=O)N(Cc1ccccc1)[C@H]1CCS(=O)(=O)C1. The predicted molar refractivity (Wildman–Crippen MR) is 123 cm³/mol. The third-order valence-corrected chi connectivity index (χ3v) is 9.53. The van der Waals surface area contributed by atoms with Crippen LogP contribution in [0, 0.1) is 0 Å². The molecule has 2 aliphatic heterocycles. The predicted octanol–water partition coefficient (Wildman–Crippen LogP) is 2.05. The maximum absolute atomic E-state index is 13.5. The van der Waals surface area contributed by atoms with Crippen LogP contribution in [0.5, 0.6) is 0 Å². The quantitative estimate of drug-likeness (QED) is 0.650. The van der Waals surface area contributed by atoms with Gasteiger partial charge in [-0.15, -0.1) is 11.3 Å². The molecule has 2 atom stereocenters. The highest BCUT2D eigenvalue weighted by atomic mass is 32.2. The van der Waals surface area contributed by atoms with Crippen molar-refractivity contribution < 1.29 is 22.8 Å². The number of amides is 4. The number of carbonyl (C=O) groups is 3. The van der Waals surface area contributed by atoms with Crippen LogP contribution in [-0.2, 0) is 37.9 Å². The fourth-order valence-corrected chi connectivity index (χ4v) is 7.86. The molecule has 174 valence electrons. The summed E-state index contributed by atoms with van der Waals surface area (Å²) >= 11 is 1.57. The van der Waals surface area contributed by atoms with Gasteiger partial charge in [0.15, 0.2) is 9.84 Å². The molecule has 1 N–H and O–H groups in total. The number of hydrogen-bond acceptors (Lipinski definition) is 6. The Morgan fingerprint density at radius 2 is 2.00 bits per heavy atom. The third kappa shape index (κ3) is 3.95. The number of urea groups is 1. The van der Waals surface area contributed by atoms with Crippen molar-refractivity contribution in [2.45, 2.75) is 43.8 Å². The lowest BCUT2D eigenvalue weighted by Gasteiger charge is -2.32. The van der Waals surface area contributed by atoms with E-state index in [1.165, 1.54) is 4.90 Å². The first-order chi connectivity index (χ1) is 15.8. The fraction of sp³-hybridized carbons (Fsp3) is 0.435. The first kappa shape index (κ1) is 22.1. The molecule has 0 radical (unpaired) electrons. The normalized spacial score (nSPS) is 25.8. The van der Waals surface area contributed by atoms with Gasteiger partial charge in [0.25, 0.3) is 5.91 Å². The van der Waals surface area contributed by atoms with Crippen molar-refractivity contribution in [1.29, 1.82) is 0 Å². The number of fused-ring (bicyclic) bond motifs is 2. The van der Waals surface area contributed by atoms with Gasteiger partial charge in [0, 0.05) is 23.0 Å². The highest BCUT2D eigenvalue weighted by molar-refractivity contribution is 7.91. The third-order valence-electron chi connectivity index (χ3n) is 6.80. The molecule has 0 saturated carbocycles. The first-order valence-electron chi connectivity index (χ1n) is 11.0. The summed E-state index contributed by atoms with van der Waals surface area (Å²) in [6.07, 6.45) is 2.50. The van der Waals surface area contributed by atoms with Crippen LogP contribution < -0.4 is 5.32 Å². The Hall–Kier alpha value is -2.72. The molecule has 0 unspecified atom stereocenters. The number of benzene rings is 1. The summed E-state index contributed by atoms with van der Waals surface area (Å²) in [5.41, 5.74) is 0.584. The van der Waals surface area contributed by atoms with Crippen molar-refractivity contribution in [3.8, 4) is 0 Å². The maximum Gasteiger partial charge on any atom is 0.325 e. The first-order valence-corrected chi connectivity index (χ1v) is 13.7. The number of hydrogen-bond donors (Lipinski definition) is 1. The zero-order valence-electron chi connectivity index (χ0n) is 18.0. The number of rotatable bonds is 5. The van der Waals surface area contributed by atoms with Gasteiger partial charge in [0.1, 0.15) is 12.1 Å². The molecular formula is C23H25N3O5S2. The summed E-state index contributed by atoms with van der Waals surface area (Å²) in [6.45, 7) is -0.182. The van der Waals surface area contributed by atoms with Crippen LogP contribution >= 0.6 is 11.3 Å². The minimum atomic E-state index is -3.22. The monoisotopic (exact) mass is 487 g/mol. The summed E-state index contributed by atoms with van der Waals surface area (Å²) in [4.78, 5) is 43.4. The van der Waals surface area contributed by atoms with E-state index < -0.39 is 45.8 Å². The molecule has 5 rings (SSSR count). The number of thiophene rings is 1. The van der Waals surface area contributed by atoms with Crippen molar-refractivity contribution in [3.05, 3.63) is 57.8 Å². The van der Waals surface area contributed by atoms with E-state index in [9.17, 15) is 22.8 Å². The smallest absolute Gasteiger partial charge is 0.325 e. The molecule has 0 bridgehead atoms. The van der Waals surface area contributed by atoms with Crippen molar-refractivity contribution in [1.82, 2.24) is 15.1 Å². The lowest BCUT2D eigenvalue weighted by atomic mass is 9.80. The molecule has 1 aliphatic carbocycles. The molecule has 2 aromatic rings. The molecule has 1 aromatic heterocycles. The number of nitrogens with one attached hydrogen (secondary N) is 1. The highest BCUT2D eigenvalue weighted by Crippen LogP contribution is 2.42. The summed E-state index contributed by atoms with van der Waals surface area (Å²) in [6, 6.07) is 10.1. The number of nitrogens with zero attached hydrogens (tertiary/aromatic N) is 2. The van der Waals surface area contributed by atoms with Crippen molar-refractivity contribution in [2.24, 2.45) is 0 Å². The Bertz CT molecular complexity index is 1210. The number of carbonyl (C=O) groups excluding carboxylic acids is 3. The molecule has 33 heavy (non-hydrogen) atoms. The lowest BCUT2D eigenvalue weighted by Crippen LogP contribution is -2.49. The largest absolute Gasteiger partial charge is 0.333 e. The minimum Gasteiger partial charge on any atom is -0.333 e. The average molecular weight is 488 g/mol. The van der Waals surface area contributed by atoms with Gasteiger partial charge in [-0.2, -0.15) is 0 Å². The molecule has 2 saturated heterocycles. The van der Waals surface area contributed by atoms with E-state index in [-0.39, 0.29) is 18.1 Å². The van der Waals surface area contributed by atoms with Crippen LogP contribution in [0.25, 0.3) is 0 Å². The van der Waals surface area contributed by atoms with E-state index in [0.29, 0.717) is 12.8 Å². The van der Waals surface area contributed by atoms with Gasteiger partial charge in [0.05, 0.1) is 11.5 Å². The average Bonchev–Trinajstić information content (AvgIpc) is 3.47. The van der Waals surface area contributed by atoms with Gasteiger partial charge in [-0.1, -0.05) is 30.3 Å². The molecule has 4 amide bonds. The molecule has 1 aromatic carbocycles. The number of sulfone groups is 1. The van der Waals surface area contributed by atoms with Crippen LogP contribution in [0.2, 0.25) is 0 Å². The minimum absolute atomic E-state index is 0.0312. The number of aryl methyl sites for hydroxylation is 1. The second-order valence-corrected chi connectivity index (χ2v) is 12.1. The summed E-state index contributed by atoms with van der Waals surface area (Å²) in [7, 11) is -3.22. The second-order valence-electron chi connectivity index (χ2n) is 8.90. The molecule has 8 nitrogen and oxygen atoms in total. The second kappa shape index (κ2) is 8.25. The van der Waals surface area contributed by atoms with E-state index >= 15 is 0 Å². The van der Waals surface area contributed by atoms with Gasteiger partial charge in [-0.25, -0.2) is 13.2 Å². The maximum atomic E-state index is 13.5. The molecule has 3 aliphatic rings. The number of imide groups is 1. The summed E-state index contributed by atoms with van der Waals surface area (Å²) in [5.74, 6) is -0.904. The van der Waals surface area contributed by atoms with E-state index in [1.54, 1.807) is 11.3 Å². The van der Waals surface area contributed by atoms with Crippen molar-refractivity contribution >= 4 is 39.0 Å². The van der Waals surface area contributed by atoms with E-state index in [4.69, 9.17) is 0 Å². The van der Waals surface area contributed by atoms with E-state index in [2.05, 4.69) is 5.32 Å². The highest BCUT2D eigenvalue weighted by Gasteiger charge is 2.55. The summed E-state index contributed by atoms with van der Waals surface area (Å²) in [5, 5.41) is 4.79. The Morgan fingerprint density at radius 1 is 1.21 bits per heavy atom. The molecule has 10 heteroatoms. The van der Waals surface area contributed by atoms with Crippen LogP contribution in [0.3, 0.4) is 0 Å². The zero-order chi connectivity index (χ0) is 23.2. The van der Waals surface area contributed by atoms with E-state index in [1.807, 2.05) is 41.8 Å². The van der Waals surface area contributed by atoms with Gasteiger partial charge in [-0.05, 0) is 42.7 Å². The van der Waals surface area contributed by atoms with Gasteiger partial charge < -0.3 is 10.2 Å².